The van der Waals surface area contributed by atoms with Crippen LogP contribution in [0.3, 0.4) is 0 Å². The normalized spacial score (nSPS) is 19.1. The lowest BCUT2D eigenvalue weighted by molar-refractivity contribution is 0.347. The van der Waals surface area contributed by atoms with Gasteiger partial charge in [0.1, 0.15) is 0 Å². The number of hydrogen-bond donors (Lipinski definition) is 2. The van der Waals surface area contributed by atoms with E-state index in [1.807, 2.05) is 6.92 Å². The molecule has 0 bridgehead atoms. The Morgan fingerprint density at radius 1 is 1.48 bits per heavy atom. The van der Waals surface area contributed by atoms with Crippen molar-refractivity contribution in [3.05, 3.63) is 11.8 Å². The predicted octanol–water partition coefficient (Wildman–Crippen LogP) is 3.67. The molecule has 1 atom stereocenters. The fraction of sp³-hybridized carbons (Fsp3) is 0.706. The third kappa shape index (κ3) is 4.02. The molecule has 0 radical (unpaired) electrons. The molecule has 21 heavy (non-hydrogen) atoms. The number of hydrogen-bond acceptors (Lipinski definition) is 4. The van der Waals surface area contributed by atoms with Gasteiger partial charge in [0.05, 0.1) is 11.4 Å². The molecule has 1 aromatic heterocycles. The van der Waals surface area contributed by atoms with Crippen LogP contribution in [0, 0.1) is 18.8 Å². The van der Waals surface area contributed by atoms with E-state index in [4.69, 9.17) is 5.73 Å². The Bertz CT molecular complexity index is 470. The quantitative estimate of drug-likeness (QED) is 0.869. The van der Waals surface area contributed by atoms with Crippen LogP contribution in [0.1, 0.15) is 45.7 Å². The van der Waals surface area contributed by atoms with Crippen LogP contribution in [0.4, 0.5) is 17.2 Å². The van der Waals surface area contributed by atoms with Gasteiger partial charge < -0.3 is 16.0 Å². The lowest BCUT2D eigenvalue weighted by atomic mass is 9.89. The first-order valence-electron chi connectivity index (χ1n) is 8.27. The molecular weight excluding hydrogens is 260 g/mol. The Morgan fingerprint density at radius 3 is 2.90 bits per heavy atom. The minimum atomic E-state index is 0.767. The monoisotopic (exact) mass is 290 g/mol. The van der Waals surface area contributed by atoms with Gasteiger partial charge in [-0.15, -0.1) is 0 Å². The maximum absolute atomic E-state index is 6.35. The number of rotatable bonds is 5. The maximum Gasteiger partial charge on any atom is 0.151 e. The van der Waals surface area contributed by atoms with Crippen molar-refractivity contribution in [1.82, 2.24) is 4.98 Å². The third-order valence-electron chi connectivity index (χ3n) is 4.17. The minimum Gasteiger partial charge on any atom is -0.394 e. The molecule has 1 saturated heterocycles. The van der Waals surface area contributed by atoms with Crippen molar-refractivity contribution in [2.45, 2.75) is 47.0 Å². The molecule has 1 aliphatic heterocycles. The highest BCUT2D eigenvalue weighted by molar-refractivity contribution is 5.79. The Balaban J connectivity index is 2.20. The van der Waals surface area contributed by atoms with E-state index in [2.05, 4.69) is 42.0 Å². The van der Waals surface area contributed by atoms with E-state index >= 15 is 0 Å². The van der Waals surface area contributed by atoms with E-state index < -0.39 is 0 Å². The molecule has 0 spiro atoms. The summed E-state index contributed by atoms with van der Waals surface area (Å²) in [5, 5.41) is 3.28. The number of nitrogens with one attached hydrogen (secondary N) is 1. The summed E-state index contributed by atoms with van der Waals surface area (Å²) in [7, 11) is 0. The number of pyridine rings is 1. The SMILES string of the molecule is CCNc1nc(C)cc(N2CCCC(CC(C)C)C2)c1N. The highest BCUT2D eigenvalue weighted by Crippen LogP contribution is 2.34. The number of aromatic nitrogens is 1. The van der Waals surface area contributed by atoms with Crippen LogP contribution >= 0.6 is 0 Å². The van der Waals surface area contributed by atoms with Gasteiger partial charge in [-0.1, -0.05) is 13.8 Å². The van der Waals surface area contributed by atoms with Crippen molar-refractivity contribution in [2.24, 2.45) is 11.8 Å². The van der Waals surface area contributed by atoms with E-state index in [-0.39, 0.29) is 0 Å². The first kappa shape index (κ1) is 15.9. The Kier molecular flexibility index (Phi) is 5.32. The average molecular weight is 290 g/mol. The van der Waals surface area contributed by atoms with Gasteiger partial charge >= 0.3 is 0 Å². The molecule has 1 unspecified atom stereocenters. The zero-order valence-corrected chi connectivity index (χ0v) is 13.9. The second kappa shape index (κ2) is 7.01. The van der Waals surface area contributed by atoms with E-state index in [1.165, 1.54) is 19.3 Å². The van der Waals surface area contributed by atoms with Gasteiger partial charge in [-0.25, -0.2) is 4.98 Å². The van der Waals surface area contributed by atoms with Crippen LogP contribution in [0.15, 0.2) is 6.07 Å². The molecular formula is C17H30N4. The van der Waals surface area contributed by atoms with Crippen LogP contribution in [0.2, 0.25) is 0 Å². The lowest BCUT2D eigenvalue weighted by Crippen LogP contribution is -2.36. The smallest absolute Gasteiger partial charge is 0.151 e. The van der Waals surface area contributed by atoms with Gasteiger partial charge in [-0.3, -0.25) is 0 Å². The van der Waals surface area contributed by atoms with Crippen molar-refractivity contribution in [2.75, 3.05) is 35.6 Å². The molecule has 1 aliphatic rings. The first-order chi connectivity index (χ1) is 10.0. The van der Waals surface area contributed by atoms with E-state index in [9.17, 15) is 0 Å². The van der Waals surface area contributed by atoms with Crippen molar-refractivity contribution < 1.29 is 0 Å². The summed E-state index contributed by atoms with van der Waals surface area (Å²) >= 11 is 0. The maximum atomic E-state index is 6.35. The molecule has 4 heteroatoms. The standard InChI is InChI=1S/C17H30N4/c1-5-19-17-16(18)15(10-13(4)20-17)21-8-6-7-14(11-21)9-12(2)3/h10,12,14H,5-9,11,18H2,1-4H3,(H,19,20). The van der Waals surface area contributed by atoms with Gasteiger partial charge in [0.15, 0.2) is 5.82 Å². The molecule has 2 rings (SSSR count). The summed E-state index contributed by atoms with van der Waals surface area (Å²) in [6.07, 6.45) is 3.91. The molecule has 0 amide bonds. The van der Waals surface area contributed by atoms with Crippen molar-refractivity contribution in [3.63, 3.8) is 0 Å². The molecule has 0 aromatic carbocycles. The van der Waals surface area contributed by atoms with Crippen LogP contribution in [0.25, 0.3) is 0 Å². The summed E-state index contributed by atoms with van der Waals surface area (Å²) in [6, 6.07) is 2.13. The number of anilines is 3. The van der Waals surface area contributed by atoms with Crippen LogP contribution in [-0.2, 0) is 0 Å². The van der Waals surface area contributed by atoms with Gasteiger partial charge in [0.25, 0.3) is 0 Å². The summed E-state index contributed by atoms with van der Waals surface area (Å²) in [4.78, 5) is 6.98. The Labute approximate surface area is 129 Å². The fourth-order valence-corrected chi connectivity index (χ4v) is 3.37. The second-order valence-corrected chi connectivity index (χ2v) is 6.66. The van der Waals surface area contributed by atoms with Gasteiger partial charge in [0.2, 0.25) is 0 Å². The molecule has 2 heterocycles. The summed E-state index contributed by atoms with van der Waals surface area (Å²) in [6.45, 7) is 11.8. The van der Waals surface area contributed by atoms with Crippen molar-refractivity contribution in [3.8, 4) is 0 Å². The van der Waals surface area contributed by atoms with E-state index in [1.54, 1.807) is 0 Å². The minimum absolute atomic E-state index is 0.767. The third-order valence-corrected chi connectivity index (χ3v) is 4.17. The molecule has 3 N–H and O–H groups in total. The second-order valence-electron chi connectivity index (χ2n) is 6.66. The number of aryl methyl sites for hydroxylation is 1. The fourth-order valence-electron chi connectivity index (χ4n) is 3.37. The molecule has 1 fully saturated rings. The van der Waals surface area contributed by atoms with Gasteiger partial charge in [-0.05, 0) is 51.0 Å². The predicted molar refractivity (Wildman–Crippen MR) is 91.9 cm³/mol. The molecule has 1 aromatic rings. The van der Waals surface area contributed by atoms with Crippen LogP contribution in [-0.4, -0.2) is 24.6 Å². The zero-order valence-electron chi connectivity index (χ0n) is 13.9. The van der Waals surface area contributed by atoms with Crippen LogP contribution < -0.4 is 16.0 Å². The largest absolute Gasteiger partial charge is 0.394 e. The summed E-state index contributed by atoms with van der Waals surface area (Å²) in [5.41, 5.74) is 9.34. The zero-order chi connectivity index (χ0) is 15.4. The number of nitrogens with two attached hydrogens (primary N) is 1. The first-order valence-corrected chi connectivity index (χ1v) is 8.27. The highest BCUT2D eigenvalue weighted by atomic mass is 15.2. The Hall–Kier alpha value is -1.45. The molecule has 4 nitrogen and oxygen atoms in total. The summed E-state index contributed by atoms with van der Waals surface area (Å²) in [5.74, 6) is 2.39. The Morgan fingerprint density at radius 2 is 2.24 bits per heavy atom. The highest BCUT2D eigenvalue weighted by Gasteiger charge is 2.23. The van der Waals surface area contributed by atoms with E-state index in [0.717, 1.165) is 54.4 Å². The van der Waals surface area contributed by atoms with E-state index in [0.29, 0.717) is 0 Å². The van der Waals surface area contributed by atoms with Crippen LogP contribution in [0.5, 0.6) is 0 Å². The number of piperidine rings is 1. The molecule has 118 valence electrons. The lowest BCUT2D eigenvalue weighted by Gasteiger charge is -2.36. The van der Waals surface area contributed by atoms with Crippen molar-refractivity contribution >= 4 is 17.2 Å². The number of nitrogen functional groups attached to an aromatic ring is 1. The van der Waals surface area contributed by atoms with Crippen molar-refractivity contribution in [1.29, 1.82) is 0 Å². The molecule has 0 aliphatic carbocycles. The summed E-state index contributed by atoms with van der Waals surface area (Å²) < 4.78 is 0. The topological polar surface area (TPSA) is 54.2 Å². The molecule has 0 saturated carbocycles. The van der Waals surface area contributed by atoms with Gasteiger partial charge in [0, 0.05) is 25.3 Å². The average Bonchev–Trinajstić information content (AvgIpc) is 2.42. The number of nitrogens with zero attached hydrogens (tertiary/aromatic N) is 2. The van der Waals surface area contributed by atoms with Gasteiger partial charge in [-0.2, -0.15) is 0 Å².